The van der Waals surface area contributed by atoms with Gasteiger partial charge in [0.05, 0.1) is 14.2 Å². The summed E-state index contributed by atoms with van der Waals surface area (Å²) in [6, 6.07) is 19.7. The minimum absolute atomic E-state index is 0.0258. The predicted octanol–water partition coefficient (Wildman–Crippen LogP) is 4.85. The molecule has 0 aliphatic rings. The van der Waals surface area contributed by atoms with E-state index in [0.717, 1.165) is 34.3 Å². The molecule has 2 aromatic rings. The smallest absolute Gasteiger partial charge is 0.270 e. The average molecular weight is 413 g/mol. The fourth-order valence-electron chi connectivity index (χ4n) is 3.58. The Bertz CT molecular complexity index is 715. The number of nitrogens with zero attached hydrogens (tertiary/aromatic N) is 2. The molecule has 0 spiro atoms. The first-order chi connectivity index (χ1) is 14.5. The van der Waals surface area contributed by atoms with Crippen LogP contribution < -0.4 is 0 Å². The first-order valence-corrected chi connectivity index (χ1v) is 10.4. The van der Waals surface area contributed by atoms with Crippen LogP contribution in [0.5, 0.6) is 0 Å². The van der Waals surface area contributed by atoms with E-state index in [9.17, 15) is 9.59 Å². The maximum Gasteiger partial charge on any atom is 0.270 e. The van der Waals surface area contributed by atoms with Gasteiger partial charge in [0.25, 0.3) is 11.8 Å². The number of benzene rings is 2. The molecule has 0 N–H and O–H groups in total. The van der Waals surface area contributed by atoms with E-state index >= 15 is 0 Å². The Morgan fingerprint density at radius 2 is 1.03 bits per heavy atom. The SMILES string of the molecule is CCC(CC(=O)N(OC)N(OC)C(=O)CC(CC)c1ccccc1)c1ccccc1. The molecule has 6 nitrogen and oxygen atoms in total. The molecule has 0 aliphatic heterocycles. The Balaban J connectivity index is 2.11. The second-order valence-corrected chi connectivity index (χ2v) is 7.14. The van der Waals surface area contributed by atoms with Crippen LogP contribution in [0.25, 0.3) is 0 Å². The van der Waals surface area contributed by atoms with Gasteiger partial charge in [-0.25, -0.2) is 0 Å². The number of amides is 2. The Hall–Kier alpha value is -2.70. The van der Waals surface area contributed by atoms with E-state index in [-0.39, 0.29) is 36.5 Å². The number of rotatable bonds is 10. The van der Waals surface area contributed by atoms with Gasteiger partial charge in [0, 0.05) is 12.8 Å². The number of carbonyl (C=O) groups excluding carboxylic acids is 2. The lowest BCUT2D eigenvalue weighted by atomic mass is 9.93. The van der Waals surface area contributed by atoms with Crippen molar-refractivity contribution in [1.29, 1.82) is 0 Å². The Labute approximate surface area is 179 Å². The molecule has 0 saturated heterocycles. The summed E-state index contributed by atoms with van der Waals surface area (Å²) < 4.78 is 0. The summed E-state index contributed by atoms with van der Waals surface area (Å²) >= 11 is 0. The molecule has 0 saturated carbocycles. The van der Waals surface area contributed by atoms with Crippen LogP contribution in [0.1, 0.15) is 62.5 Å². The van der Waals surface area contributed by atoms with Gasteiger partial charge < -0.3 is 0 Å². The quantitative estimate of drug-likeness (QED) is 0.524. The molecule has 2 rings (SSSR count). The van der Waals surface area contributed by atoms with Crippen molar-refractivity contribution in [2.75, 3.05) is 14.2 Å². The first-order valence-electron chi connectivity index (χ1n) is 10.4. The third-order valence-corrected chi connectivity index (χ3v) is 5.31. The van der Waals surface area contributed by atoms with Gasteiger partial charge in [-0.3, -0.25) is 19.3 Å². The molecular formula is C24H32N2O4. The fraction of sp³-hybridized carbons (Fsp3) is 0.417. The van der Waals surface area contributed by atoms with Gasteiger partial charge in [0.15, 0.2) is 0 Å². The third-order valence-electron chi connectivity index (χ3n) is 5.31. The van der Waals surface area contributed by atoms with Crippen molar-refractivity contribution in [3.05, 3.63) is 71.8 Å². The summed E-state index contributed by atoms with van der Waals surface area (Å²) in [5.41, 5.74) is 2.16. The molecule has 2 unspecified atom stereocenters. The molecule has 2 aromatic carbocycles. The van der Waals surface area contributed by atoms with Gasteiger partial charge in [-0.15, -0.1) is 0 Å². The Morgan fingerprint density at radius 1 is 0.700 bits per heavy atom. The molecule has 30 heavy (non-hydrogen) atoms. The van der Waals surface area contributed by atoms with Crippen molar-refractivity contribution in [2.45, 2.75) is 51.4 Å². The van der Waals surface area contributed by atoms with Crippen LogP contribution in [0, 0.1) is 0 Å². The lowest BCUT2D eigenvalue weighted by Crippen LogP contribution is -2.49. The van der Waals surface area contributed by atoms with Crippen LogP contribution in [-0.2, 0) is 19.3 Å². The van der Waals surface area contributed by atoms with Gasteiger partial charge in [-0.2, -0.15) is 0 Å². The second-order valence-electron chi connectivity index (χ2n) is 7.14. The fourth-order valence-corrected chi connectivity index (χ4v) is 3.58. The largest absolute Gasteiger partial charge is 0.270 e. The highest BCUT2D eigenvalue weighted by Gasteiger charge is 2.30. The second kappa shape index (κ2) is 12.1. The van der Waals surface area contributed by atoms with Crippen LogP contribution in [0.15, 0.2) is 60.7 Å². The molecular weight excluding hydrogens is 380 g/mol. The number of hydrazine groups is 1. The zero-order valence-electron chi connectivity index (χ0n) is 18.3. The zero-order chi connectivity index (χ0) is 21.9. The summed E-state index contributed by atoms with van der Waals surface area (Å²) in [5, 5.41) is 1.84. The van der Waals surface area contributed by atoms with Crippen LogP contribution >= 0.6 is 0 Å². The van der Waals surface area contributed by atoms with Crippen molar-refractivity contribution in [3.63, 3.8) is 0 Å². The third kappa shape index (κ3) is 6.15. The Kier molecular flexibility index (Phi) is 9.51. The van der Waals surface area contributed by atoms with Crippen LogP contribution in [0.2, 0.25) is 0 Å². The number of carbonyl (C=O) groups is 2. The lowest BCUT2D eigenvalue weighted by molar-refractivity contribution is -0.347. The van der Waals surface area contributed by atoms with E-state index in [1.807, 2.05) is 74.5 Å². The highest BCUT2D eigenvalue weighted by atomic mass is 16.8. The summed E-state index contributed by atoms with van der Waals surface area (Å²) in [4.78, 5) is 36.5. The van der Waals surface area contributed by atoms with Crippen LogP contribution in [0.3, 0.4) is 0 Å². The van der Waals surface area contributed by atoms with Gasteiger partial charge >= 0.3 is 0 Å². The molecule has 0 heterocycles. The molecule has 0 aliphatic carbocycles. The lowest BCUT2D eigenvalue weighted by Gasteiger charge is -2.31. The molecule has 0 radical (unpaired) electrons. The standard InChI is InChI=1S/C24H32N2O4/c1-5-19(21-13-9-7-10-14-21)17-23(27)25(29-3)26(30-4)24(28)18-20(6-2)22-15-11-8-12-16-22/h7-16,19-20H,5-6,17-18H2,1-4H3. The van der Waals surface area contributed by atoms with E-state index in [1.54, 1.807) is 0 Å². The highest BCUT2D eigenvalue weighted by Crippen LogP contribution is 2.26. The topological polar surface area (TPSA) is 59.1 Å². The maximum absolute atomic E-state index is 13.0. The summed E-state index contributed by atoms with van der Waals surface area (Å²) in [5.74, 6) is -0.622. The van der Waals surface area contributed by atoms with Crippen molar-refractivity contribution in [3.8, 4) is 0 Å². The number of hydroxylamine groups is 2. The summed E-state index contributed by atoms with van der Waals surface area (Å²) in [6.45, 7) is 4.07. The molecule has 0 aromatic heterocycles. The van der Waals surface area contributed by atoms with Crippen molar-refractivity contribution < 1.29 is 19.3 Å². The van der Waals surface area contributed by atoms with Gasteiger partial charge in [0.1, 0.15) is 0 Å². The molecule has 0 bridgehead atoms. The van der Waals surface area contributed by atoms with E-state index < -0.39 is 0 Å². The zero-order valence-corrected chi connectivity index (χ0v) is 18.3. The van der Waals surface area contributed by atoms with Crippen LogP contribution in [0.4, 0.5) is 0 Å². The van der Waals surface area contributed by atoms with Gasteiger partial charge in [-0.1, -0.05) is 84.9 Å². The predicted molar refractivity (Wildman–Crippen MR) is 116 cm³/mol. The van der Waals surface area contributed by atoms with Crippen molar-refractivity contribution in [1.82, 2.24) is 10.3 Å². The first kappa shape index (κ1) is 23.6. The van der Waals surface area contributed by atoms with E-state index in [0.29, 0.717) is 0 Å². The molecule has 6 heteroatoms. The van der Waals surface area contributed by atoms with Crippen molar-refractivity contribution in [2.24, 2.45) is 0 Å². The van der Waals surface area contributed by atoms with Gasteiger partial charge in [0.2, 0.25) is 0 Å². The number of hydrogen-bond donors (Lipinski definition) is 0. The van der Waals surface area contributed by atoms with E-state index in [2.05, 4.69) is 0 Å². The van der Waals surface area contributed by atoms with Crippen molar-refractivity contribution >= 4 is 11.8 Å². The van der Waals surface area contributed by atoms with Gasteiger partial charge in [-0.05, 0) is 35.8 Å². The Morgan fingerprint density at radius 3 is 1.30 bits per heavy atom. The molecule has 2 atom stereocenters. The monoisotopic (exact) mass is 412 g/mol. The molecule has 0 fully saturated rings. The summed E-state index contributed by atoms with van der Waals surface area (Å²) in [7, 11) is 2.71. The number of hydrogen-bond acceptors (Lipinski definition) is 4. The highest BCUT2D eigenvalue weighted by molar-refractivity contribution is 5.81. The normalized spacial score (nSPS) is 12.8. The minimum Gasteiger partial charge on any atom is -0.270 e. The van der Waals surface area contributed by atoms with E-state index in [1.165, 1.54) is 14.2 Å². The van der Waals surface area contributed by atoms with Crippen LogP contribution in [-0.4, -0.2) is 36.4 Å². The maximum atomic E-state index is 13.0. The molecule has 2 amide bonds. The average Bonchev–Trinajstić information content (AvgIpc) is 2.80. The molecule has 162 valence electrons. The minimum atomic E-state index is -0.337. The summed E-state index contributed by atoms with van der Waals surface area (Å²) in [6.07, 6.45) is 2.00. The van der Waals surface area contributed by atoms with E-state index in [4.69, 9.17) is 9.68 Å².